The number of carboxylic acids is 1. The molecule has 102 valence electrons. The number of rotatable bonds is 3. The number of carboxylic acid groups (broad SMARTS) is 1. The lowest BCUT2D eigenvalue weighted by atomic mass is 9.81. The van der Waals surface area contributed by atoms with Gasteiger partial charge in [0.15, 0.2) is 0 Å². The summed E-state index contributed by atoms with van der Waals surface area (Å²) in [5, 5.41) is 8.88. The molecule has 18 heavy (non-hydrogen) atoms. The highest BCUT2D eigenvalue weighted by atomic mass is 16.6. The minimum absolute atomic E-state index is 0.0374. The number of hydrogen-bond donors (Lipinski definition) is 1. The summed E-state index contributed by atoms with van der Waals surface area (Å²) in [4.78, 5) is 24.2. The fourth-order valence-corrected chi connectivity index (χ4v) is 2.53. The summed E-state index contributed by atoms with van der Waals surface area (Å²) in [7, 11) is 0. The Morgan fingerprint density at radius 3 is 2.28 bits per heavy atom. The maximum Gasteiger partial charge on any atom is 0.410 e. The Morgan fingerprint density at radius 1 is 1.33 bits per heavy atom. The van der Waals surface area contributed by atoms with Gasteiger partial charge in [0.05, 0.1) is 6.42 Å². The van der Waals surface area contributed by atoms with E-state index >= 15 is 0 Å². The van der Waals surface area contributed by atoms with Crippen molar-refractivity contribution in [2.45, 2.75) is 45.6 Å². The van der Waals surface area contributed by atoms with Gasteiger partial charge in [-0.05, 0) is 39.0 Å². The molecule has 1 saturated heterocycles. The number of likely N-dealkylation sites (tertiary alicyclic amines) is 1. The maximum atomic E-state index is 11.7. The molecular formula is C13H21NO4. The van der Waals surface area contributed by atoms with Crippen molar-refractivity contribution < 1.29 is 19.4 Å². The van der Waals surface area contributed by atoms with Crippen LogP contribution in [0.15, 0.2) is 0 Å². The Labute approximate surface area is 107 Å². The van der Waals surface area contributed by atoms with Crippen molar-refractivity contribution in [1.29, 1.82) is 0 Å². The summed E-state index contributed by atoms with van der Waals surface area (Å²) < 4.78 is 5.27. The van der Waals surface area contributed by atoms with Crippen LogP contribution >= 0.6 is 0 Å². The zero-order valence-corrected chi connectivity index (χ0v) is 11.2. The Morgan fingerprint density at radius 2 is 1.89 bits per heavy atom. The highest BCUT2D eigenvalue weighted by Gasteiger charge is 2.55. The van der Waals surface area contributed by atoms with E-state index < -0.39 is 11.6 Å². The van der Waals surface area contributed by atoms with Crippen molar-refractivity contribution in [1.82, 2.24) is 4.90 Å². The number of aliphatic carboxylic acids is 1. The van der Waals surface area contributed by atoms with Gasteiger partial charge in [-0.3, -0.25) is 4.79 Å². The van der Waals surface area contributed by atoms with E-state index in [9.17, 15) is 9.59 Å². The minimum Gasteiger partial charge on any atom is -0.481 e. The van der Waals surface area contributed by atoms with Crippen LogP contribution in [0.2, 0.25) is 0 Å². The number of carbonyl (C=O) groups excluding carboxylic acids is 1. The van der Waals surface area contributed by atoms with Gasteiger partial charge in [-0.2, -0.15) is 0 Å². The second kappa shape index (κ2) is 4.14. The molecule has 1 amide bonds. The fraction of sp³-hybridized carbons (Fsp3) is 0.846. The second-order valence-electron chi connectivity index (χ2n) is 6.52. The molecule has 0 aromatic heterocycles. The summed E-state index contributed by atoms with van der Waals surface area (Å²) in [6, 6.07) is 0. The molecule has 0 aromatic carbocycles. The third-order valence-corrected chi connectivity index (χ3v) is 3.79. The number of amides is 1. The van der Waals surface area contributed by atoms with E-state index in [4.69, 9.17) is 9.84 Å². The third kappa shape index (κ3) is 2.76. The minimum atomic E-state index is -0.733. The smallest absolute Gasteiger partial charge is 0.410 e. The lowest BCUT2D eigenvalue weighted by Gasteiger charge is -2.43. The average Bonchev–Trinajstić information content (AvgIpc) is 2.76. The van der Waals surface area contributed by atoms with E-state index in [0.29, 0.717) is 19.0 Å². The molecule has 0 bridgehead atoms. The maximum absolute atomic E-state index is 11.7. The van der Waals surface area contributed by atoms with Crippen molar-refractivity contribution in [2.75, 3.05) is 13.1 Å². The van der Waals surface area contributed by atoms with Crippen molar-refractivity contribution in [3.63, 3.8) is 0 Å². The average molecular weight is 255 g/mol. The van der Waals surface area contributed by atoms with E-state index in [1.165, 1.54) is 0 Å². The molecular weight excluding hydrogens is 234 g/mol. The molecule has 5 heteroatoms. The molecule has 1 aliphatic heterocycles. The Kier molecular flexibility index (Phi) is 3.03. The van der Waals surface area contributed by atoms with E-state index in [1.54, 1.807) is 4.90 Å². The summed E-state index contributed by atoms with van der Waals surface area (Å²) in [6.07, 6.45) is 1.91. The standard InChI is InChI=1S/C13H21NO4/c1-12(2,3)18-11(17)14-7-9(8-14)13(4-5-13)6-10(15)16/h9H,4-8H2,1-3H3,(H,15,16). The first-order valence-corrected chi connectivity index (χ1v) is 6.42. The molecule has 2 rings (SSSR count). The van der Waals surface area contributed by atoms with Crippen LogP contribution in [0.5, 0.6) is 0 Å². The molecule has 2 aliphatic rings. The topological polar surface area (TPSA) is 66.8 Å². The summed E-state index contributed by atoms with van der Waals surface area (Å²) in [6.45, 7) is 6.81. The fourth-order valence-electron chi connectivity index (χ4n) is 2.53. The largest absolute Gasteiger partial charge is 0.481 e. The second-order valence-corrected chi connectivity index (χ2v) is 6.52. The molecule has 0 atom stereocenters. The van der Waals surface area contributed by atoms with Crippen LogP contribution in [-0.4, -0.2) is 40.8 Å². The first-order chi connectivity index (χ1) is 8.22. The summed E-state index contributed by atoms with van der Waals surface area (Å²) >= 11 is 0. The van der Waals surface area contributed by atoms with Crippen LogP contribution in [0.4, 0.5) is 4.79 Å². The van der Waals surface area contributed by atoms with Gasteiger partial charge in [-0.1, -0.05) is 0 Å². The van der Waals surface area contributed by atoms with Gasteiger partial charge >= 0.3 is 12.1 Å². The zero-order valence-electron chi connectivity index (χ0n) is 11.2. The lowest BCUT2D eigenvalue weighted by Crippen LogP contribution is -2.54. The molecule has 0 spiro atoms. The molecule has 0 radical (unpaired) electrons. The van der Waals surface area contributed by atoms with Crippen LogP contribution in [0, 0.1) is 11.3 Å². The van der Waals surface area contributed by atoms with Crippen molar-refractivity contribution in [2.24, 2.45) is 11.3 Å². The van der Waals surface area contributed by atoms with Gasteiger partial charge in [-0.15, -0.1) is 0 Å². The van der Waals surface area contributed by atoms with Gasteiger partial charge in [0.2, 0.25) is 0 Å². The number of carbonyl (C=O) groups is 2. The Balaban J connectivity index is 1.80. The van der Waals surface area contributed by atoms with Gasteiger partial charge in [0.1, 0.15) is 5.60 Å². The molecule has 0 unspecified atom stereocenters. The molecule has 2 fully saturated rings. The predicted octanol–water partition coefficient (Wildman–Crippen LogP) is 2.11. The summed E-state index contributed by atoms with van der Waals surface area (Å²) in [5.41, 5.74) is -0.509. The van der Waals surface area contributed by atoms with Crippen molar-refractivity contribution >= 4 is 12.1 Å². The van der Waals surface area contributed by atoms with Gasteiger partial charge in [0, 0.05) is 19.0 Å². The number of nitrogens with zero attached hydrogens (tertiary/aromatic N) is 1. The number of ether oxygens (including phenoxy) is 1. The van der Waals surface area contributed by atoms with Crippen LogP contribution in [0.3, 0.4) is 0 Å². The van der Waals surface area contributed by atoms with Crippen LogP contribution in [0.25, 0.3) is 0 Å². The molecule has 1 N–H and O–H groups in total. The van der Waals surface area contributed by atoms with Crippen LogP contribution < -0.4 is 0 Å². The van der Waals surface area contributed by atoms with Gasteiger partial charge < -0.3 is 14.7 Å². The van der Waals surface area contributed by atoms with Crippen LogP contribution in [-0.2, 0) is 9.53 Å². The monoisotopic (exact) mass is 255 g/mol. The van der Waals surface area contributed by atoms with E-state index in [2.05, 4.69) is 0 Å². The highest BCUT2D eigenvalue weighted by Crippen LogP contribution is 2.57. The Bertz CT molecular complexity index is 362. The van der Waals surface area contributed by atoms with Crippen molar-refractivity contribution in [3.8, 4) is 0 Å². The SMILES string of the molecule is CC(C)(C)OC(=O)N1CC(C2(CC(=O)O)CC2)C1. The third-order valence-electron chi connectivity index (χ3n) is 3.79. The highest BCUT2D eigenvalue weighted by molar-refractivity contribution is 5.70. The molecule has 0 aromatic rings. The lowest BCUT2D eigenvalue weighted by molar-refractivity contribution is -0.139. The van der Waals surface area contributed by atoms with E-state index in [0.717, 1.165) is 12.8 Å². The normalized spacial score (nSPS) is 22.3. The molecule has 1 heterocycles. The first-order valence-electron chi connectivity index (χ1n) is 6.42. The van der Waals surface area contributed by atoms with E-state index in [1.807, 2.05) is 20.8 Å². The quantitative estimate of drug-likeness (QED) is 0.838. The molecule has 1 aliphatic carbocycles. The number of hydrogen-bond acceptors (Lipinski definition) is 3. The molecule has 1 saturated carbocycles. The van der Waals surface area contributed by atoms with Crippen LogP contribution in [0.1, 0.15) is 40.0 Å². The zero-order chi connectivity index (χ0) is 13.6. The summed E-state index contributed by atoms with van der Waals surface area (Å²) in [5.74, 6) is -0.399. The predicted molar refractivity (Wildman–Crippen MR) is 65.2 cm³/mol. The van der Waals surface area contributed by atoms with Crippen molar-refractivity contribution in [3.05, 3.63) is 0 Å². The Hall–Kier alpha value is -1.26. The molecule has 5 nitrogen and oxygen atoms in total. The van der Waals surface area contributed by atoms with Gasteiger partial charge in [0.25, 0.3) is 0 Å². The van der Waals surface area contributed by atoms with Gasteiger partial charge in [-0.25, -0.2) is 4.79 Å². The first kappa shape index (κ1) is 13.2. The van der Waals surface area contributed by atoms with E-state index in [-0.39, 0.29) is 17.9 Å².